The molecule has 1 N–H and O–H groups in total. The number of amides is 1. The molecule has 5 aromatic rings. The maximum Gasteiger partial charge on any atom is 0.326 e. The Labute approximate surface area is 217 Å². The predicted octanol–water partition coefficient (Wildman–Crippen LogP) is 4.81. The van der Waals surface area contributed by atoms with Crippen LogP contribution in [0.2, 0.25) is 0 Å². The quantitative estimate of drug-likeness (QED) is 0.367. The Morgan fingerprint density at radius 3 is 2.42 bits per heavy atom. The number of ether oxygens (including phenoxy) is 1. The molecule has 0 aliphatic carbocycles. The summed E-state index contributed by atoms with van der Waals surface area (Å²) in [6.45, 7) is 1.00. The number of nitrogens with zero attached hydrogens (tertiary/aromatic N) is 4. The molecule has 0 spiro atoms. The number of carbonyl (C=O) groups excluding carboxylic acids is 1. The molecule has 1 aliphatic rings. The van der Waals surface area contributed by atoms with Crippen molar-refractivity contribution in [3.05, 3.63) is 101 Å². The number of rotatable bonds is 5. The molecule has 0 bridgehead atoms. The van der Waals surface area contributed by atoms with Gasteiger partial charge in [-0.05, 0) is 79.6 Å². The fourth-order valence-corrected chi connectivity index (χ4v) is 5.14. The highest BCUT2D eigenvalue weighted by Crippen LogP contribution is 2.28. The van der Waals surface area contributed by atoms with E-state index in [1.54, 1.807) is 34.9 Å². The monoisotopic (exact) mass is 511 g/mol. The van der Waals surface area contributed by atoms with E-state index in [0.29, 0.717) is 43.0 Å². The fraction of sp³-hybridized carbons (Fsp3) is 0.207. The fourth-order valence-electron chi connectivity index (χ4n) is 5.14. The summed E-state index contributed by atoms with van der Waals surface area (Å²) < 4.78 is 22.3. The number of nitrogens with one attached hydrogen (secondary N) is 1. The second-order valence-corrected chi connectivity index (χ2v) is 9.37. The van der Waals surface area contributed by atoms with Crippen molar-refractivity contribution in [1.82, 2.24) is 24.2 Å². The molecule has 192 valence electrons. The van der Waals surface area contributed by atoms with Crippen LogP contribution in [0.3, 0.4) is 0 Å². The lowest BCUT2D eigenvalue weighted by molar-refractivity contribution is 0.0685. The van der Waals surface area contributed by atoms with Crippen LogP contribution in [0.4, 0.5) is 4.39 Å². The van der Waals surface area contributed by atoms with Crippen molar-refractivity contribution in [3.8, 4) is 22.7 Å². The van der Waals surface area contributed by atoms with Crippen molar-refractivity contribution in [1.29, 1.82) is 0 Å². The molecule has 1 aliphatic heterocycles. The number of piperidine rings is 1. The van der Waals surface area contributed by atoms with Gasteiger partial charge < -0.3 is 14.6 Å². The first-order valence-electron chi connectivity index (χ1n) is 12.5. The molecular weight excluding hydrogens is 485 g/mol. The van der Waals surface area contributed by atoms with Gasteiger partial charge in [-0.15, -0.1) is 0 Å². The second kappa shape index (κ2) is 9.66. The van der Waals surface area contributed by atoms with Crippen LogP contribution in [-0.2, 0) is 0 Å². The summed E-state index contributed by atoms with van der Waals surface area (Å²) in [6, 6.07) is 22.8. The maximum atomic E-state index is 13.8. The van der Waals surface area contributed by atoms with Crippen molar-refractivity contribution < 1.29 is 13.9 Å². The van der Waals surface area contributed by atoms with E-state index in [2.05, 4.69) is 4.98 Å². The number of carbonyl (C=O) groups is 1. The minimum Gasteiger partial charge on any atom is -0.497 e. The third-order valence-electron chi connectivity index (χ3n) is 7.13. The van der Waals surface area contributed by atoms with Gasteiger partial charge >= 0.3 is 5.69 Å². The Bertz CT molecular complexity index is 1660. The van der Waals surface area contributed by atoms with Gasteiger partial charge in [0.15, 0.2) is 0 Å². The first-order chi connectivity index (χ1) is 18.5. The number of benzene rings is 3. The van der Waals surface area contributed by atoms with E-state index in [1.165, 1.54) is 12.1 Å². The van der Waals surface area contributed by atoms with E-state index in [0.717, 1.165) is 22.3 Å². The van der Waals surface area contributed by atoms with Gasteiger partial charge in [0.1, 0.15) is 17.3 Å². The number of halogens is 1. The summed E-state index contributed by atoms with van der Waals surface area (Å²) >= 11 is 0. The Morgan fingerprint density at radius 2 is 1.71 bits per heavy atom. The molecule has 9 heteroatoms. The molecule has 2 aromatic heterocycles. The summed E-state index contributed by atoms with van der Waals surface area (Å²) in [6.07, 6.45) is 1.31. The number of para-hydroxylation sites is 2. The van der Waals surface area contributed by atoms with E-state index in [-0.39, 0.29) is 23.5 Å². The Morgan fingerprint density at radius 1 is 1.00 bits per heavy atom. The lowest BCUT2D eigenvalue weighted by Gasteiger charge is -2.32. The van der Waals surface area contributed by atoms with Crippen molar-refractivity contribution >= 4 is 16.9 Å². The van der Waals surface area contributed by atoms with Crippen LogP contribution in [0, 0.1) is 5.82 Å². The first kappa shape index (κ1) is 23.7. The molecule has 0 atom stereocenters. The predicted molar refractivity (Wildman–Crippen MR) is 142 cm³/mol. The maximum absolute atomic E-state index is 13.8. The molecule has 1 fully saturated rings. The second-order valence-electron chi connectivity index (χ2n) is 9.37. The van der Waals surface area contributed by atoms with E-state index < -0.39 is 0 Å². The first-order valence-corrected chi connectivity index (χ1v) is 12.5. The van der Waals surface area contributed by atoms with Gasteiger partial charge in [0.25, 0.3) is 5.91 Å². The van der Waals surface area contributed by atoms with Crippen LogP contribution in [0.1, 0.15) is 29.4 Å². The number of hydrogen-bond donors (Lipinski definition) is 1. The van der Waals surface area contributed by atoms with Crippen LogP contribution in [0.5, 0.6) is 5.75 Å². The highest BCUT2D eigenvalue weighted by Gasteiger charge is 2.29. The third kappa shape index (κ3) is 4.26. The number of fused-ring (bicyclic) bond motifs is 1. The number of aromatic nitrogens is 4. The number of methoxy groups -OCH3 is 1. The van der Waals surface area contributed by atoms with Gasteiger partial charge in [-0.3, -0.25) is 9.36 Å². The molecule has 1 saturated heterocycles. The molecule has 8 nitrogen and oxygen atoms in total. The Kier molecular flexibility index (Phi) is 6.03. The normalized spacial score (nSPS) is 14.2. The van der Waals surface area contributed by atoms with E-state index >= 15 is 0 Å². The molecular formula is C29H26FN5O3. The van der Waals surface area contributed by atoms with E-state index in [1.807, 2.05) is 53.1 Å². The summed E-state index contributed by atoms with van der Waals surface area (Å²) in [5.41, 5.74) is 4.00. The summed E-state index contributed by atoms with van der Waals surface area (Å²) in [7, 11) is 1.60. The zero-order chi connectivity index (χ0) is 26.2. The van der Waals surface area contributed by atoms with Crippen molar-refractivity contribution in [2.24, 2.45) is 0 Å². The average molecular weight is 512 g/mol. The number of hydrogen-bond acceptors (Lipinski definition) is 4. The smallest absolute Gasteiger partial charge is 0.326 e. The van der Waals surface area contributed by atoms with Crippen LogP contribution in [-0.4, -0.2) is 50.3 Å². The molecule has 3 heterocycles. The Hall–Kier alpha value is -4.66. The topological polar surface area (TPSA) is 85.1 Å². The van der Waals surface area contributed by atoms with Gasteiger partial charge in [0, 0.05) is 24.7 Å². The van der Waals surface area contributed by atoms with Crippen LogP contribution in [0.25, 0.3) is 28.0 Å². The van der Waals surface area contributed by atoms with Gasteiger partial charge in [0.2, 0.25) is 0 Å². The minimum absolute atomic E-state index is 0.000399. The number of likely N-dealkylation sites (tertiary alicyclic amines) is 1. The molecule has 38 heavy (non-hydrogen) atoms. The summed E-state index contributed by atoms with van der Waals surface area (Å²) in [4.78, 5) is 31.2. The van der Waals surface area contributed by atoms with Gasteiger partial charge in [0.05, 0.1) is 29.5 Å². The zero-order valence-corrected chi connectivity index (χ0v) is 20.8. The van der Waals surface area contributed by atoms with Gasteiger partial charge in [-0.2, -0.15) is 5.10 Å². The van der Waals surface area contributed by atoms with Crippen LogP contribution in [0.15, 0.2) is 83.7 Å². The lowest BCUT2D eigenvalue weighted by Crippen LogP contribution is -2.41. The summed E-state index contributed by atoms with van der Waals surface area (Å²) in [5, 5.41) is 4.71. The molecule has 0 radical (unpaired) electrons. The number of aromatic amines is 1. The standard InChI is InChI=1S/C29H26FN5O3/c1-38-23-12-6-19(7-13-23)25-18-27(35(32-25)22-10-8-20(30)9-11-22)28(36)33-16-14-21(15-17-33)34-26-5-3-2-4-24(26)31-29(34)37/h2-13,18,21H,14-17H2,1H3,(H,31,37). The molecule has 0 saturated carbocycles. The van der Waals surface area contributed by atoms with Gasteiger partial charge in [-0.1, -0.05) is 12.1 Å². The highest BCUT2D eigenvalue weighted by molar-refractivity contribution is 5.94. The van der Waals surface area contributed by atoms with Crippen molar-refractivity contribution in [2.45, 2.75) is 18.9 Å². The van der Waals surface area contributed by atoms with E-state index in [4.69, 9.17) is 9.84 Å². The lowest BCUT2D eigenvalue weighted by atomic mass is 10.0. The van der Waals surface area contributed by atoms with Crippen molar-refractivity contribution in [3.63, 3.8) is 0 Å². The molecule has 3 aromatic carbocycles. The van der Waals surface area contributed by atoms with E-state index in [9.17, 15) is 14.0 Å². The highest BCUT2D eigenvalue weighted by atomic mass is 19.1. The van der Waals surface area contributed by atoms with Crippen LogP contribution >= 0.6 is 0 Å². The van der Waals surface area contributed by atoms with Gasteiger partial charge in [-0.25, -0.2) is 13.9 Å². The third-order valence-corrected chi connectivity index (χ3v) is 7.13. The zero-order valence-electron chi connectivity index (χ0n) is 20.8. The average Bonchev–Trinajstić information content (AvgIpc) is 3.54. The molecule has 6 rings (SSSR count). The van der Waals surface area contributed by atoms with Crippen molar-refractivity contribution in [2.75, 3.05) is 20.2 Å². The summed E-state index contributed by atoms with van der Waals surface area (Å²) in [5.74, 6) is 0.199. The Balaban J connectivity index is 1.29. The SMILES string of the molecule is COc1ccc(-c2cc(C(=O)N3CCC(n4c(=O)[nH]c5ccccc54)CC3)n(-c3ccc(F)cc3)n2)cc1. The van der Waals surface area contributed by atoms with Crippen LogP contribution < -0.4 is 10.4 Å². The minimum atomic E-state index is -0.362. The molecule has 1 amide bonds. The largest absolute Gasteiger partial charge is 0.497 e. The number of H-pyrrole nitrogens is 1. The molecule has 0 unspecified atom stereocenters. The number of imidazole rings is 1.